The van der Waals surface area contributed by atoms with Crippen molar-refractivity contribution in [2.45, 2.75) is 66.5 Å². The molecule has 6 heteroatoms. The van der Waals surface area contributed by atoms with Crippen molar-refractivity contribution in [1.82, 2.24) is 10.2 Å². The minimum Gasteiger partial charge on any atom is -0.385 e. The van der Waals surface area contributed by atoms with Crippen LogP contribution in [-0.2, 0) is 6.54 Å². The minimum absolute atomic E-state index is 0.0195. The third-order valence-electron chi connectivity index (χ3n) is 5.51. The molecule has 35 heavy (non-hydrogen) atoms. The number of fused-ring (bicyclic) bond motifs is 1. The van der Waals surface area contributed by atoms with Gasteiger partial charge in [-0.2, -0.15) is 0 Å². The van der Waals surface area contributed by atoms with Crippen molar-refractivity contribution >= 4 is 23.3 Å². The van der Waals surface area contributed by atoms with E-state index in [1.807, 2.05) is 70.2 Å². The molecule has 2 aromatic carbocycles. The molecule has 0 radical (unpaired) electrons. The number of carbonyl (C=O) groups excluding carboxylic acids is 1. The van der Waals surface area contributed by atoms with Crippen LogP contribution in [0.15, 0.2) is 71.7 Å². The molecule has 190 valence electrons. The quantitative estimate of drug-likeness (QED) is 0.377. The number of para-hydroxylation sites is 1. The molecule has 1 atom stereocenters. The largest absolute Gasteiger partial charge is 0.385 e. The van der Waals surface area contributed by atoms with Crippen LogP contribution in [0, 0.1) is 6.92 Å². The highest BCUT2D eigenvalue weighted by molar-refractivity contribution is 5.94. The van der Waals surface area contributed by atoms with E-state index in [9.17, 15) is 4.79 Å². The molecule has 3 rings (SSSR count). The number of aliphatic imine (C=N–C) groups is 2. The average molecular weight is 478 g/mol. The number of nitrogens with two attached hydrogens (primary N) is 1. The highest BCUT2D eigenvalue weighted by Gasteiger charge is 2.17. The molecule has 1 amide bonds. The number of unbranched alkanes of at least 4 members (excludes halogenated alkanes) is 1. The third-order valence-corrected chi connectivity index (χ3v) is 5.51. The Morgan fingerprint density at radius 3 is 2.43 bits per heavy atom. The zero-order valence-electron chi connectivity index (χ0n) is 22.2. The molecule has 0 aromatic heterocycles. The maximum absolute atomic E-state index is 12.3. The summed E-state index contributed by atoms with van der Waals surface area (Å²) < 4.78 is 0. The first-order valence-electron chi connectivity index (χ1n) is 12.6. The van der Waals surface area contributed by atoms with Gasteiger partial charge >= 0.3 is 0 Å². The number of hydrogen-bond donors (Lipinski definition) is 2. The van der Waals surface area contributed by atoms with Crippen molar-refractivity contribution in [3.05, 3.63) is 78.4 Å². The topological polar surface area (TPSA) is 83.1 Å². The van der Waals surface area contributed by atoms with Gasteiger partial charge in [-0.15, -0.1) is 13.2 Å². The molecule has 0 saturated carbocycles. The fraction of sp³-hybridized carbons (Fsp3) is 0.414. The van der Waals surface area contributed by atoms with E-state index in [2.05, 4.69) is 41.4 Å². The van der Waals surface area contributed by atoms with Gasteiger partial charge in [-0.3, -0.25) is 9.79 Å². The van der Waals surface area contributed by atoms with E-state index in [-0.39, 0.29) is 11.9 Å². The number of nitrogens with zero attached hydrogens (tertiary/aromatic N) is 3. The van der Waals surface area contributed by atoms with Crippen molar-refractivity contribution in [3.8, 4) is 0 Å². The molecular formula is C29H43N5O. The van der Waals surface area contributed by atoms with Gasteiger partial charge in [0, 0.05) is 31.6 Å². The van der Waals surface area contributed by atoms with Crippen LogP contribution in [0.1, 0.15) is 68.4 Å². The molecule has 0 bridgehead atoms. The fourth-order valence-electron chi connectivity index (χ4n) is 3.61. The van der Waals surface area contributed by atoms with Gasteiger partial charge in [0.2, 0.25) is 0 Å². The van der Waals surface area contributed by atoms with E-state index in [4.69, 9.17) is 10.7 Å². The predicted octanol–water partition coefficient (Wildman–Crippen LogP) is 6.03. The second-order valence-corrected chi connectivity index (χ2v) is 7.99. The van der Waals surface area contributed by atoms with Crippen molar-refractivity contribution in [2.24, 2.45) is 15.7 Å². The van der Waals surface area contributed by atoms with Crippen LogP contribution < -0.4 is 11.1 Å². The van der Waals surface area contributed by atoms with Crippen molar-refractivity contribution < 1.29 is 4.79 Å². The van der Waals surface area contributed by atoms with Crippen molar-refractivity contribution in [3.63, 3.8) is 0 Å². The number of benzene rings is 2. The third kappa shape index (κ3) is 9.39. The zero-order valence-corrected chi connectivity index (χ0v) is 22.2. The lowest BCUT2D eigenvalue weighted by molar-refractivity contribution is 0.0952. The van der Waals surface area contributed by atoms with Gasteiger partial charge in [-0.25, -0.2) is 4.99 Å². The number of carbonyl (C=O) groups is 1. The van der Waals surface area contributed by atoms with Gasteiger partial charge in [0.25, 0.3) is 5.91 Å². The maximum atomic E-state index is 12.3. The highest BCUT2D eigenvalue weighted by atomic mass is 16.1. The number of amidine groups is 2. The summed E-state index contributed by atoms with van der Waals surface area (Å²) >= 11 is 0. The summed E-state index contributed by atoms with van der Waals surface area (Å²) in [6.45, 7) is 18.4. The van der Waals surface area contributed by atoms with Crippen LogP contribution in [0.3, 0.4) is 0 Å². The molecule has 0 fully saturated rings. The summed E-state index contributed by atoms with van der Waals surface area (Å²) in [7, 11) is 0. The van der Waals surface area contributed by atoms with Gasteiger partial charge in [0.15, 0.2) is 0 Å². The summed E-state index contributed by atoms with van der Waals surface area (Å²) in [5.41, 5.74) is 10.1. The van der Waals surface area contributed by atoms with Crippen LogP contribution in [0.5, 0.6) is 0 Å². The lowest BCUT2D eigenvalue weighted by Crippen LogP contribution is -2.34. The number of nitrogens with one attached hydrogen (secondary N) is 1. The standard InChI is InChI=1S/C25H33N5O.C2H6.C2H4/c1-4-23-28-19(3)24(26)29-22-10-6-5-9-21(22)17-30(23)16-8-7-15-27-25(31)20-13-11-18(2)12-14-20;2*1-2/h5-6,9-14,19H,4,7-8,15-17H2,1-3H3,(H2,26,29)(H,27,31);1-2H3;1-2H2. The van der Waals surface area contributed by atoms with Gasteiger partial charge in [0.05, 0.1) is 11.5 Å². The fourth-order valence-corrected chi connectivity index (χ4v) is 3.61. The molecule has 1 unspecified atom stereocenters. The number of hydrogen-bond acceptors (Lipinski definition) is 5. The summed E-state index contributed by atoms with van der Waals surface area (Å²) in [6.07, 6.45) is 2.70. The summed E-state index contributed by atoms with van der Waals surface area (Å²) in [5.74, 6) is 1.57. The Kier molecular flexibility index (Phi) is 13.8. The Balaban J connectivity index is 0.00000145. The first kappa shape index (κ1) is 29.6. The van der Waals surface area contributed by atoms with Crippen LogP contribution in [-0.4, -0.2) is 41.6 Å². The Hall–Kier alpha value is -3.41. The van der Waals surface area contributed by atoms with E-state index in [0.29, 0.717) is 17.9 Å². The average Bonchev–Trinajstić information content (AvgIpc) is 2.94. The smallest absolute Gasteiger partial charge is 0.251 e. The monoisotopic (exact) mass is 477 g/mol. The number of amides is 1. The molecule has 2 aromatic rings. The van der Waals surface area contributed by atoms with E-state index in [1.165, 1.54) is 0 Å². The molecule has 3 N–H and O–H groups in total. The molecule has 1 heterocycles. The van der Waals surface area contributed by atoms with Gasteiger partial charge in [-0.1, -0.05) is 56.7 Å². The number of aryl methyl sites for hydroxylation is 1. The summed E-state index contributed by atoms with van der Waals surface area (Å²) in [5, 5.41) is 3.02. The van der Waals surface area contributed by atoms with E-state index in [0.717, 1.165) is 55.0 Å². The van der Waals surface area contributed by atoms with Crippen molar-refractivity contribution in [2.75, 3.05) is 13.1 Å². The van der Waals surface area contributed by atoms with E-state index in [1.54, 1.807) is 0 Å². The van der Waals surface area contributed by atoms with Gasteiger partial charge < -0.3 is 16.0 Å². The lowest BCUT2D eigenvalue weighted by atomic mass is 10.1. The normalized spacial score (nSPS) is 14.8. The molecule has 1 aliphatic rings. The van der Waals surface area contributed by atoms with Gasteiger partial charge in [-0.05, 0) is 50.5 Å². The van der Waals surface area contributed by atoms with Crippen LogP contribution >= 0.6 is 0 Å². The second-order valence-electron chi connectivity index (χ2n) is 7.99. The maximum Gasteiger partial charge on any atom is 0.251 e. The van der Waals surface area contributed by atoms with Crippen LogP contribution in [0.2, 0.25) is 0 Å². The Bertz CT molecular complexity index is 965. The SMILES string of the molecule is C=C.CC.CCC1=NC(C)C(N)=Nc2ccccc2CN1CCCCNC(=O)c1ccc(C)cc1. The Morgan fingerprint density at radius 2 is 1.77 bits per heavy atom. The minimum atomic E-state index is -0.155. The highest BCUT2D eigenvalue weighted by Crippen LogP contribution is 2.23. The predicted molar refractivity (Wildman–Crippen MR) is 151 cm³/mol. The first-order chi connectivity index (χ1) is 17.0. The zero-order chi connectivity index (χ0) is 26.2. The molecule has 0 saturated heterocycles. The van der Waals surface area contributed by atoms with Crippen LogP contribution in [0.4, 0.5) is 5.69 Å². The van der Waals surface area contributed by atoms with Crippen LogP contribution in [0.25, 0.3) is 0 Å². The Labute approximate surface area is 212 Å². The molecule has 6 nitrogen and oxygen atoms in total. The molecule has 1 aliphatic heterocycles. The second kappa shape index (κ2) is 16.3. The summed E-state index contributed by atoms with van der Waals surface area (Å²) in [6, 6.07) is 15.6. The Morgan fingerprint density at radius 1 is 1.11 bits per heavy atom. The molecule has 0 aliphatic carbocycles. The number of rotatable bonds is 7. The van der Waals surface area contributed by atoms with E-state index >= 15 is 0 Å². The molecular weight excluding hydrogens is 434 g/mol. The lowest BCUT2D eigenvalue weighted by Gasteiger charge is -2.26. The molecule has 0 spiro atoms. The first-order valence-corrected chi connectivity index (χ1v) is 12.6. The van der Waals surface area contributed by atoms with E-state index < -0.39 is 0 Å². The summed E-state index contributed by atoms with van der Waals surface area (Å²) in [4.78, 5) is 24.1. The van der Waals surface area contributed by atoms with Crippen molar-refractivity contribution in [1.29, 1.82) is 0 Å². The van der Waals surface area contributed by atoms with Gasteiger partial charge in [0.1, 0.15) is 11.9 Å².